The minimum Gasteiger partial charge on any atom is -0.396 e. The first-order chi connectivity index (χ1) is 6.88. The smallest absolute Gasteiger partial charge is 0.0462 e. The summed E-state index contributed by atoms with van der Waals surface area (Å²) >= 11 is 0. The van der Waals surface area contributed by atoms with E-state index in [9.17, 15) is 5.11 Å². The zero-order chi connectivity index (χ0) is 10.2. The summed E-state index contributed by atoms with van der Waals surface area (Å²) in [7, 11) is 0. The molecule has 1 aliphatic rings. The van der Waals surface area contributed by atoms with Crippen molar-refractivity contribution in [3.05, 3.63) is 0 Å². The average molecular weight is 200 g/mol. The van der Waals surface area contributed by atoms with Crippen LogP contribution in [0.2, 0.25) is 0 Å². The summed E-state index contributed by atoms with van der Waals surface area (Å²) in [5.41, 5.74) is 5.42. The highest BCUT2D eigenvalue weighted by atomic mass is 16.3. The number of hydrogen-bond acceptors (Lipinski definition) is 3. The van der Waals surface area contributed by atoms with E-state index in [0.717, 1.165) is 26.1 Å². The van der Waals surface area contributed by atoms with Gasteiger partial charge in [0.05, 0.1) is 0 Å². The Hall–Kier alpha value is -0.120. The molecule has 0 aliphatic heterocycles. The van der Waals surface area contributed by atoms with Gasteiger partial charge in [-0.1, -0.05) is 12.8 Å². The van der Waals surface area contributed by atoms with Crippen LogP contribution < -0.4 is 11.1 Å². The lowest BCUT2D eigenvalue weighted by Gasteiger charge is -2.30. The zero-order valence-electron chi connectivity index (χ0n) is 9.04. The molecule has 1 rings (SSSR count). The van der Waals surface area contributed by atoms with Crippen molar-refractivity contribution in [3.63, 3.8) is 0 Å². The van der Waals surface area contributed by atoms with Gasteiger partial charge in [-0.25, -0.2) is 0 Å². The Morgan fingerprint density at radius 3 is 2.57 bits per heavy atom. The third-order valence-corrected chi connectivity index (χ3v) is 3.27. The zero-order valence-corrected chi connectivity index (χ0v) is 9.04. The number of aliphatic hydroxyl groups is 1. The fourth-order valence-corrected chi connectivity index (χ4v) is 2.31. The summed E-state index contributed by atoms with van der Waals surface area (Å²) < 4.78 is 0. The molecule has 1 saturated carbocycles. The summed E-state index contributed by atoms with van der Waals surface area (Å²) in [6, 6.07) is 0. The lowest BCUT2D eigenvalue weighted by Crippen LogP contribution is -2.33. The van der Waals surface area contributed by atoms with Crippen LogP contribution in [0.3, 0.4) is 0 Å². The molecule has 2 atom stereocenters. The SMILES string of the molecule is NCCCNCC1CCCCC1CO. The number of rotatable bonds is 6. The van der Waals surface area contributed by atoms with Crippen molar-refractivity contribution in [2.24, 2.45) is 17.6 Å². The van der Waals surface area contributed by atoms with E-state index in [1.54, 1.807) is 0 Å². The van der Waals surface area contributed by atoms with Crippen LogP contribution in [-0.4, -0.2) is 31.3 Å². The van der Waals surface area contributed by atoms with E-state index >= 15 is 0 Å². The Labute approximate surface area is 87.1 Å². The Bertz CT molecular complexity index is 141. The number of nitrogens with one attached hydrogen (secondary N) is 1. The number of hydrogen-bond donors (Lipinski definition) is 3. The second kappa shape index (κ2) is 7.21. The minimum absolute atomic E-state index is 0.364. The standard InChI is InChI=1S/C11H24N2O/c12-6-3-7-13-8-10-4-1-2-5-11(10)9-14/h10-11,13-14H,1-9,12H2. The molecule has 14 heavy (non-hydrogen) atoms. The van der Waals surface area contributed by atoms with Gasteiger partial charge in [-0.2, -0.15) is 0 Å². The molecule has 4 N–H and O–H groups in total. The van der Waals surface area contributed by atoms with Crippen LogP contribution in [0.25, 0.3) is 0 Å². The molecule has 0 radical (unpaired) electrons. The molecule has 0 heterocycles. The van der Waals surface area contributed by atoms with Crippen molar-refractivity contribution < 1.29 is 5.11 Å². The third kappa shape index (κ3) is 3.95. The molecule has 1 fully saturated rings. The van der Waals surface area contributed by atoms with Gasteiger partial charge in [0.15, 0.2) is 0 Å². The Morgan fingerprint density at radius 1 is 1.21 bits per heavy atom. The lowest BCUT2D eigenvalue weighted by molar-refractivity contribution is 0.133. The summed E-state index contributed by atoms with van der Waals surface area (Å²) in [5.74, 6) is 1.22. The maximum Gasteiger partial charge on any atom is 0.0462 e. The predicted molar refractivity (Wildman–Crippen MR) is 59.1 cm³/mol. The Balaban J connectivity index is 2.13. The van der Waals surface area contributed by atoms with Crippen LogP contribution in [0.15, 0.2) is 0 Å². The van der Waals surface area contributed by atoms with Crippen LogP contribution >= 0.6 is 0 Å². The fraction of sp³-hybridized carbons (Fsp3) is 1.00. The van der Waals surface area contributed by atoms with Crippen LogP contribution in [0.1, 0.15) is 32.1 Å². The van der Waals surface area contributed by atoms with Gasteiger partial charge in [-0.3, -0.25) is 0 Å². The molecule has 0 bridgehead atoms. The molecular weight excluding hydrogens is 176 g/mol. The molecular formula is C11H24N2O. The highest BCUT2D eigenvalue weighted by molar-refractivity contribution is 4.76. The molecule has 0 amide bonds. The monoisotopic (exact) mass is 200 g/mol. The maximum atomic E-state index is 9.22. The number of aliphatic hydroxyl groups excluding tert-OH is 1. The van der Waals surface area contributed by atoms with Gasteiger partial charge in [-0.15, -0.1) is 0 Å². The summed E-state index contributed by atoms with van der Waals surface area (Å²) in [5, 5.41) is 12.6. The largest absolute Gasteiger partial charge is 0.396 e. The second-order valence-electron chi connectivity index (χ2n) is 4.33. The van der Waals surface area contributed by atoms with Gasteiger partial charge >= 0.3 is 0 Å². The quantitative estimate of drug-likeness (QED) is 0.554. The van der Waals surface area contributed by atoms with E-state index in [-0.39, 0.29) is 0 Å². The third-order valence-electron chi connectivity index (χ3n) is 3.27. The molecule has 0 aromatic carbocycles. The van der Waals surface area contributed by atoms with Crippen molar-refractivity contribution in [1.82, 2.24) is 5.32 Å². The molecule has 84 valence electrons. The predicted octanol–water partition coefficient (Wildman–Crippen LogP) is 0.723. The molecule has 0 saturated heterocycles. The maximum absolute atomic E-state index is 9.22. The highest BCUT2D eigenvalue weighted by Gasteiger charge is 2.23. The van der Waals surface area contributed by atoms with E-state index in [4.69, 9.17) is 5.73 Å². The Morgan fingerprint density at radius 2 is 1.93 bits per heavy atom. The van der Waals surface area contributed by atoms with E-state index in [1.807, 2.05) is 0 Å². The second-order valence-corrected chi connectivity index (χ2v) is 4.33. The number of nitrogens with two attached hydrogens (primary N) is 1. The molecule has 0 aromatic rings. The lowest BCUT2D eigenvalue weighted by atomic mass is 9.79. The van der Waals surface area contributed by atoms with Crippen LogP contribution in [0.5, 0.6) is 0 Å². The molecule has 0 spiro atoms. The molecule has 1 aliphatic carbocycles. The highest BCUT2D eigenvalue weighted by Crippen LogP contribution is 2.28. The topological polar surface area (TPSA) is 58.3 Å². The van der Waals surface area contributed by atoms with Gasteiger partial charge in [0.25, 0.3) is 0 Å². The summed E-state index contributed by atoms with van der Waals surface area (Å²) in [6.07, 6.45) is 6.17. The first-order valence-corrected chi connectivity index (χ1v) is 5.90. The van der Waals surface area contributed by atoms with Gasteiger partial charge in [0.1, 0.15) is 0 Å². The van der Waals surface area contributed by atoms with Crippen molar-refractivity contribution in [2.45, 2.75) is 32.1 Å². The average Bonchev–Trinajstić information content (AvgIpc) is 2.25. The van der Waals surface area contributed by atoms with Crippen molar-refractivity contribution in [3.8, 4) is 0 Å². The van der Waals surface area contributed by atoms with Gasteiger partial charge in [0.2, 0.25) is 0 Å². The minimum atomic E-state index is 0.364. The first kappa shape index (κ1) is 12.0. The van der Waals surface area contributed by atoms with Crippen molar-refractivity contribution in [1.29, 1.82) is 0 Å². The summed E-state index contributed by atoms with van der Waals surface area (Å²) in [6.45, 7) is 3.21. The molecule has 3 nitrogen and oxygen atoms in total. The van der Waals surface area contributed by atoms with E-state index in [0.29, 0.717) is 18.4 Å². The normalized spacial score (nSPS) is 27.9. The van der Waals surface area contributed by atoms with Gasteiger partial charge < -0.3 is 16.2 Å². The van der Waals surface area contributed by atoms with Crippen molar-refractivity contribution in [2.75, 3.05) is 26.2 Å². The van der Waals surface area contributed by atoms with Crippen molar-refractivity contribution >= 4 is 0 Å². The molecule has 2 unspecified atom stereocenters. The van der Waals surface area contributed by atoms with Gasteiger partial charge in [-0.05, 0) is 50.7 Å². The first-order valence-electron chi connectivity index (χ1n) is 5.90. The van der Waals surface area contributed by atoms with E-state index in [2.05, 4.69) is 5.32 Å². The molecule has 3 heteroatoms. The van der Waals surface area contributed by atoms with E-state index < -0.39 is 0 Å². The fourth-order valence-electron chi connectivity index (χ4n) is 2.31. The van der Waals surface area contributed by atoms with Crippen LogP contribution in [-0.2, 0) is 0 Å². The van der Waals surface area contributed by atoms with Crippen LogP contribution in [0.4, 0.5) is 0 Å². The van der Waals surface area contributed by atoms with Gasteiger partial charge in [0, 0.05) is 6.61 Å². The Kier molecular flexibility index (Phi) is 6.15. The van der Waals surface area contributed by atoms with Crippen LogP contribution in [0, 0.1) is 11.8 Å². The molecule has 0 aromatic heterocycles. The van der Waals surface area contributed by atoms with E-state index in [1.165, 1.54) is 25.7 Å². The summed E-state index contributed by atoms with van der Waals surface area (Å²) in [4.78, 5) is 0.